The molecule has 0 radical (unpaired) electrons. The predicted molar refractivity (Wildman–Crippen MR) is 92.5 cm³/mol. The van der Waals surface area contributed by atoms with Crippen molar-refractivity contribution in [2.24, 2.45) is 5.92 Å². The molecule has 1 aromatic carbocycles. The third kappa shape index (κ3) is 2.72. The Kier molecular flexibility index (Phi) is 4.07. The molecule has 0 unspecified atom stereocenters. The summed E-state index contributed by atoms with van der Waals surface area (Å²) in [6.07, 6.45) is 6.00. The van der Waals surface area contributed by atoms with Crippen molar-refractivity contribution in [3.63, 3.8) is 0 Å². The molecular formula is C20H26N2O2. The predicted octanol–water partition coefficient (Wildman–Crippen LogP) is 2.58. The highest BCUT2D eigenvalue weighted by atomic mass is 16.2. The molecule has 3 aliphatic rings. The maximum atomic E-state index is 13.2. The topological polar surface area (TPSA) is 40.6 Å². The van der Waals surface area contributed by atoms with E-state index in [2.05, 4.69) is 12.1 Å². The minimum atomic E-state index is -0.306. The van der Waals surface area contributed by atoms with E-state index < -0.39 is 0 Å². The highest BCUT2D eigenvalue weighted by molar-refractivity contribution is 5.92. The summed E-state index contributed by atoms with van der Waals surface area (Å²) in [7, 11) is 0. The van der Waals surface area contributed by atoms with Crippen LogP contribution in [0.15, 0.2) is 30.3 Å². The first kappa shape index (κ1) is 15.7. The fourth-order valence-electron chi connectivity index (χ4n) is 4.37. The molecule has 1 aliphatic carbocycles. The van der Waals surface area contributed by atoms with Crippen LogP contribution < -0.4 is 0 Å². The molecule has 128 valence electrons. The molecule has 1 atom stereocenters. The van der Waals surface area contributed by atoms with Crippen LogP contribution in [0.25, 0.3) is 0 Å². The van der Waals surface area contributed by atoms with Crippen molar-refractivity contribution < 1.29 is 9.59 Å². The third-order valence-electron chi connectivity index (χ3n) is 5.96. The van der Waals surface area contributed by atoms with Crippen LogP contribution in [0.2, 0.25) is 0 Å². The van der Waals surface area contributed by atoms with E-state index in [1.165, 1.54) is 0 Å². The molecule has 4 rings (SSSR count). The molecule has 2 heterocycles. The van der Waals surface area contributed by atoms with Crippen LogP contribution in [0.4, 0.5) is 0 Å². The summed E-state index contributed by atoms with van der Waals surface area (Å²) in [5, 5.41) is 0. The van der Waals surface area contributed by atoms with Crippen molar-refractivity contribution in [2.45, 2.75) is 43.9 Å². The highest BCUT2D eigenvalue weighted by Gasteiger charge is 2.53. The van der Waals surface area contributed by atoms with Gasteiger partial charge in [0, 0.05) is 26.2 Å². The van der Waals surface area contributed by atoms with Gasteiger partial charge in [-0.05, 0) is 44.1 Å². The fourth-order valence-corrected chi connectivity index (χ4v) is 4.37. The fraction of sp³-hybridized carbons (Fsp3) is 0.600. The Morgan fingerprint density at radius 1 is 0.917 bits per heavy atom. The van der Waals surface area contributed by atoms with Gasteiger partial charge in [-0.3, -0.25) is 9.59 Å². The lowest BCUT2D eigenvalue weighted by molar-refractivity contribution is -0.141. The molecule has 2 aliphatic heterocycles. The Morgan fingerprint density at radius 3 is 2.25 bits per heavy atom. The molecule has 4 nitrogen and oxygen atoms in total. The molecule has 1 aromatic rings. The maximum absolute atomic E-state index is 13.2. The van der Waals surface area contributed by atoms with E-state index in [9.17, 15) is 9.59 Å². The molecular weight excluding hydrogens is 300 g/mol. The lowest BCUT2D eigenvalue weighted by Gasteiger charge is -2.36. The zero-order chi connectivity index (χ0) is 16.6. The monoisotopic (exact) mass is 326 g/mol. The second-order valence-electron chi connectivity index (χ2n) is 7.57. The smallest absolute Gasteiger partial charge is 0.233 e. The molecule has 3 fully saturated rings. The lowest BCUT2D eigenvalue weighted by atomic mass is 9.91. The number of hydrogen-bond acceptors (Lipinski definition) is 2. The van der Waals surface area contributed by atoms with E-state index in [0.29, 0.717) is 6.54 Å². The average Bonchev–Trinajstić information content (AvgIpc) is 3.28. The normalized spacial score (nSPS) is 25.6. The number of carbonyl (C=O) groups excluding carboxylic acids is 2. The van der Waals surface area contributed by atoms with Crippen LogP contribution in [0, 0.1) is 5.92 Å². The molecule has 0 N–H and O–H groups in total. The van der Waals surface area contributed by atoms with Gasteiger partial charge < -0.3 is 9.80 Å². The second kappa shape index (κ2) is 6.23. The maximum Gasteiger partial charge on any atom is 0.233 e. The Balaban J connectivity index is 1.46. The van der Waals surface area contributed by atoms with Gasteiger partial charge >= 0.3 is 0 Å². The highest BCUT2D eigenvalue weighted by Crippen LogP contribution is 2.50. The van der Waals surface area contributed by atoms with Crippen molar-refractivity contribution in [2.75, 3.05) is 26.2 Å². The first-order valence-corrected chi connectivity index (χ1v) is 9.34. The second-order valence-corrected chi connectivity index (χ2v) is 7.57. The summed E-state index contributed by atoms with van der Waals surface area (Å²) in [6, 6.07) is 10.2. The van der Waals surface area contributed by atoms with Crippen molar-refractivity contribution >= 4 is 11.8 Å². The lowest BCUT2D eigenvalue weighted by Crippen LogP contribution is -2.49. The van der Waals surface area contributed by atoms with Gasteiger partial charge in [0.05, 0.1) is 11.3 Å². The summed E-state index contributed by atoms with van der Waals surface area (Å²) in [5.74, 6) is 0.523. The number of nitrogens with zero attached hydrogens (tertiary/aromatic N) is 2. The van der Waals surface area contributed by atoms with Gasteiger partial charge in [0.1, 0.15) is 0 Å². The minimum Gasteiger partial charge on any atom is -0.342 e. The van der Waals surface area contributed by atoms with E-state index >= 15 is 0 Å². The molecule has 1 saturated carbocycles. The zero-order valence-electron chi connectivity index (χ0n) is 14.2. The summed E-state index contributed by atoms with van der Waals surface area (Å²) < 4.78 is 0. The first-order valence-electron chi connectivity index (χ1n) is 9.34. The van der Waals surface area contributed by atoms with Crippen LogP contribution in [0.1, 0.15) is 44.1 Å². The largest absolute Gasteiger partial charge is 0.342 e. The van der Waals surface area contributed by atoms with Gasteiger partial charge in [-0.1, -0.05) is 30.3 Å². The molecule has 2 amide bonds. The number of likely N-dealkylation sites (tertiary alicyclic amines) is 2. The van der Waals surface area contributed by atoms with Crippen molar-refractivity contribution in [3.8, 4) is 0 Å². The summed E-state index contributed by atoms with van der Waals surface area (Å²) in [5.41, 5.74) is 0.836. The SMILES string of the molecule is O=C([C@H]1CCCN(C(=O)C2(c3ccccc3)CC2)C1)N1CCCC1. The van der Waals surface area contributed by atoms with Crippen molar-refractivity contribution in [3.05, 3.63) is 35.9 Å². The van der Waals surface area contributed by atoms with Crippen LogP contribution >= 0.6 is 0 Å². The molecule has 4 heteroatoms. The minimum absolute atomic E-state index is 0.00683. The molecule has 2 saturated heterocycles. The van der Waals surface area contributed by atoms with Crippen LogP contribution in [0.5, 0.6) is 0 Å². The molecule has 0 bridgehead atoms. The number of piperidine rings is 1. The van der Waals surface area contributed by atoms with E-state index in [1.807, 2.05) is 28.0 Å². The van der Waals surface area contributed by atoms with Crippen LogP contribution in [-0.2, 0) is 15.0 Å². The summed E-state index contributed by atoms with van der Waals surface area (Å²) in [6.45, 7) is 3.22. The van der Waals surface area contributed by atoms with E-state index in [1.54, 1.807) is 0 Å². The first-order chi connectivity index (χ1) is 11.7. The number of carbonyl (C=O) groups is 2. The molecule has 24 heavy (non-hydrogen) atoms. The average molecular weight is 326 g/mol. The van der Waals surface area contributed by atoms with E-state index in [0.717, 1.165) is 63.7 Å². The Morgan fingerprint density at radius 2 is 1.58 bits per heavy atom. The quantitative estimate of drug-likeness (QED) is 0.856. The number of hydrogen-bond donors (Lipinski definition) is 0. The number of benzene rings is 1. The molecule has 0 aromatic heterocycles. The van der Waals surface area contributed by atoms with E-state index in [-0.39, 0.29) is 23.1 Å². The number of rotatable bonds is 3. The zero-order valence-corrected chi connectivity index (χ0v) is 14.2. The van der Waals surface area contributed by atoms with Crippen molar-refractivity contribution in [1.82, 2.24) is 9.80 Å². The van der Waals surface area contributed by atoms with Crippen LogP contribution in [-0.4, -0.2) is 47.8 Å². The Hall–Kier alpha value is -1.84. The van der Waals surface area contributed by atoms with Gasteiger partial charge in [0.25, 0.3) is 0 Å². The van der Waals surface area contributed by atoms with Gasteiger partial charge in [-0.25, -0.2) is 0 Å². The third-order valence-corrected chi connectivity index (χ3v) is 5.96. The Labute approximate surface area is 143 Å². The van der Waals surface area contributed by atoms with E-state index in [4.69, 9.17) is 0 Å². The standard InChI is InChI=1S/C20H26N2O2/c23-18(21-12-4-5-13-21)16-7-6-14-22(15-16)19(24)20(10-11-20)17-8-2-1-3-9-17/h1-3,8-9,16H,4-7,10-15H2/t16-/m0/s1. The summed E-state index contributed by atoms with van der Waals surface area (Å²) >= 11 is 0. The van der Waals surface area contributed by atoms with Crippen LogP contribution in [0.3, 0.4) is 0 Å². The Bertz CT molecular complexity index is 618. The molecule has 0 spiro atoms. The number of amides is 2. The summed E-state index contributed by atoms with van der Waals surface area (Å²) in [4.78, 5) is 29.8. The van der Waals surface area contributed by atoms with Crippen molar-refractivity contribution in [1.29, 1.82) is 0 Å². The van der Waals surface area contributed by atoms with Gasteiger partial charge in [0.2, 0.25) is 11.8 Å². The van der Waals surface area contributed by atoms with Gasteiger partial charge in [-0.15, -0.1) is 0 Å². The van der Waals surface area contributed by atoms with Gasteiger partial charge in [0.15, 0.2) is 0 Å². The van der Waals surface area contributed by atoms with Gasteiger partial charge in [-0.2, -0.15) is 0 Å².